The SMILES string of the molecule is Cc1cccn2cc(COc3ccccc3C(=O)NCC(=O)OC(C)(C)C)nc12. The van der Waals surface area contributed by atoms with Crippen LogP contribution in [-0.4, -0.2) is 33.4 Å². The number of benzene rings is 1. The van der Waals surface area contributed by atoms with Gasteiger partial charge in [0.05, 0.1) is 11.3 Å². The molecule has 0 bridgehead atoms. The number of aromatic nitrogens is 2. The molecule has 7 heteroatoms. The van der Waals surface area contributed by atoms with E-state index in [1.54, 1.807) is 45.0 Å². The summed E-state index contributed by atoms with van der Waals surface area (Å²) in [5.74, 6) is -0.482. The van der Waals surface area contributed by atoms with Gasteiger partial charge in [0.15, 0.2) is 0 Å². The molecule has 0 aliphatic carbocycles. The van der Waals surface area contributed by atoms with Gasteiger partial charge in [-0.15, -0.1) is 0 Å². The number of hydrogen-bond acceptors (Lipinski definition) is 5. The van der Waals surface area contributed by atoms with Crippen LogP contribution in [0, 0.1) is 6.92 Å². The second-order valence-corrected chi connectivity index (χ2v) is 7.71. The van der Waals surface area contributed by atoms with E-state index in [1.807, 2.05) is 35.9 Å². The van der Waals surface area contributed by atoms with E-state index in [1.165, 1.54) is 0 Å². The van der Waals surface area contributed by atoms with E-state index in [4.69, 9.17) is 9.47 Å². The maximum atomic E-state index is 12.5. The second kappa shape index (κ2) is 8.34. The normalized spacial score (nSPS) is 11.3. The van der Waals surface area contributed by atoms with Crippen LogP contribution in [0.4, 0.5) is 0 Å². The summed E-state index contributed by atoms with van der Waals surface area (Å²) in [6, 6.07) is 10.8. The lowest BCUT2D eigenvalue weighted by Gasteiger charge is -2.19. The molecule has 0 fully saturated rings. The van der Waals surface area contributed by atoms with Gasteiger partial charge in [-0.05, 0) is 51.5 Å². The summed E-state index contributed by atoms with van der Waals surface area (Å²) >= 11 is 0. The van der Waals surface area contributed by atoms with Crippen molar-refractivity contribution in [2.24, 2.45) is 0 Å². The topological polar surface area (TPSA) is 81.9 Å². The van der Waals surface area contributed by atoms with Crippen molar-refractivity contribution >= 4 is 17.5 Å². The van der Waals surface area contributed by atoms with Crippen LogP contribution >= 0.6 is 0 Å². The Balaban J connectivity index is 1.65. The average molecular weight is 395 g/mol. The lowest BCUT2D eigenvalue weighted by molar-refractivity contribution is -0.153. The summed E-state index contributed by atoms with van der Waals surface area (Å²) in [5, 5.41) is 2.58. The molecule has 3 aromatic rings. The van der Waals surface area contributed by atoms with Crippen LogP contribution in [0.2, 0.25) is 0 Å². The first kappa shape index (κ1) is 20.4. The van der Waals surface area contributed by atoms with Crippen molar-refractivity contribution in [2.45, 2.75) is 39.9 Å². The van der Waals surface area contributed by atoms with Crippen molar-refractivity contribution < 1.29 is 19.1 Å². The van der Waals surface area contributed by atoms with Crippen LogP contribution in [0.3, 0.4) is 0 Å². The Morgan fingerprint density at radius 1 is 1.14 bits per heavy atom. The number of rotatable bonds is 6. The molecule has 1 amide bonds. The van der Waals surface area contributed by atoms with Crippen LogP contribution in [0.1, 0.15) is 42.4 Å². The highest BCUT2D eigenvalue weighted by molar-refractivity contribution is 5.98. The first-order chi connectivity index (χ1) is 13.7. The van der Waals surface area contributed by atoms with Gasteiger partial charge in [0.1, 0.15) is 30.1 Å². The van der Waals surface area contributed by atoms with Crippen LogP contribution in [0.5, 0.6) is 5.75 Å². The minimum Gasteiger partial charge on any atom is -0.486 e. The van der Waals surface area contributed by atoms with E-state index in [-0.39, 0.29) is 13.2 Å². The van der Waals surface area contributed by atoms with Crippen molar-refractivity contribution in [3.63, 3.8) is 0 Å². The van der Waals surface area contributed by atoms with E-state index in [9.17, 15) is 9.59 Å². The number of nitrogens with one attached hydrogen (secondary N) is 1. The molecule has 0 saturated heterocycles. The summed E-state index contributed by atoms with van der Waals surface area (Å²) in [5.41, 5.74) is 2.43. The average Bonchev–Trinajstić information content (AvgIpc) is 3.08. The van der Waals surface area contributed by atoms with E-state index >= 15 is 0 Å². The Morgan fingerprint density at radius 2 is 1.90 bits per heavy atom. The Labute approximate surface area is 169 Å². The molecule has 29 heavy (non-hydrogen) atoms. The molecule has 0 unspecified atom stereocenters. The van der Waals surface area contributed by atoms with Crippen molar-refractivity contribution in [1.29, 1.82) is 0 Å². The lowest BCUT2D eigenvalue weighted by atomic mass is 10.2. The van der Waals surface area contributed by atoms with E-state index in [2.05, 4.69) is 10.3 Å². The Hall–Kier alpha value is -3.35. The highest BCUT2D eigenvalue weighted by atomic mass is 16.6. The van der Waals surface area contributed by atoms with Gasteiger partial charge in [-0.3, -0.25) is 9.59 Å². The minimum absolute atomic E-state index is 0.212. The van der Waals surface area contributed by atoms with Gasteiger partial charge in [0, 0.05) is 12.4 Å². The molecule has 0 spiro atoms. The van der Waals surface area contributed by atoms with Gasteiger partial charge in [0.2, 0.25) is 0 Å². The first-order valence-corrected chi connectivity index (χ1v) is 9.38. The number of fused-ring (bicyclic) bond motifs is 1. The lowest BCUT2D eigenvalue weighted by Crippen LogP contribution is -2.34. The summed E-state index contributed by atoms with van der Waals surface area (Å²) in [7, 11) is 0. The number of nitrogens with zero attached hydrogens (tertiary/aromatic N) is 2. The quantitative estimate of drug-likeness (QED) is 0.648. The molecule has 7 nitrogen and oxygen atoms in total. The second-order valence-electron chi connectivity index (χ2n) is 7.71. The molecule has 0 aliphatic heterocycles. The number of esters is 1. The zero-order valence-electron chi connectivity index (χ0n) is 17.1. The molecule has 0 saturated carbocycles. The standard InChI is InChI=1S/C22H25N3O4/c1-15-8-7-11-25-13-16(24-20(15)25)14-28-18-10-6-5-9-17(18)21(27)23-12-19(26)29-22(2,3)4/h5-11,13H,12,14H2,1-4H3,(H,23,27). The maximum Gasteiger partial charge on any atom is 0.325 e. The Bertz CT molecular complexity index is 1030. The number of para-hydroxylation sites is 1. The summed E-state index contributed by atoms with van der Waals surface area (Å²) in [6.45, 7) is 7.33. The monoisotopic (exact) mass is 395 g/mol. The predicted octanol–water partition coefficient (Wildman–Crippen LogP) is 3.29. The first-order valence-electron chi connectivity index (χ1n) is 9.38. The van der Waals surface area contributed by atoms with E-state index in [0.717, 1.165) is 16.9 Å². The van der Waals surface area contributed by atoms with Crippen molar-refractivity contribution in [2.75, 3.05) is 6.54 Å². The van der Waals surface area contributed by atoms with Gasteiger partial charge < -0.3 is 19.2 Å². The van der Waals surface area contributed by atoms with Gasteiger partial charge in [-0.2, -0.15) is 0 Å². The van der Waals surface area contributed by atoms with Crippen molar-refractivity contribution in [3.8, 4) is 5.75 Å². The number of hydrogen-bond donors (Lipinski definition) is 1. The van der Waals surface area contributed by atoms with Gasteiger partial charge in [-0.25, -0.2) is 4.98 Å². The number of ether oxygens (including phenoxy) is 2. The molecular formula is C22H25N3O4. The highest BCUT2D eigenvalue weighted by Crippen LogP contribution is 2.20. The molecule has 1 N–H and O–H groups in total. The molecule has 0 atom stereocenters. The summed E-state index contributed by atoms with van der Waals surface area (Å²) < 4.78 is 13.0. The number of carbonyl (C=O) groups is 2. The maximum absolute atomic E-state index is 12.5. The largest absolute Gasteiger partial charge is 0.486 e. The van der Waals surface area contributed by atoms with Crippen LogP contribution < -0.4 is 10.1 Å². The van der Waals surface area contributed by atoms with Crippen LogP contribution in [-0.2, 0) is 16.1 Å². The van der Waals surface area contributed by atoms with Gasteiger partial charge in [0.25, 0.3) is 5.91 Å². The molecule has 2 aromatic heterocycles. The van der Waals surface area contributed by atoms with Gasteiger partial charge in [-0.1, -0.05) is 18.2 Å². The summed E-state index contributed by atoms with van der Waals surface area (Å²) in [6.07, 6.45) is 3.82. The smallest absolute Gasteiger partial charge is 0.325 e. The number of amides is 1. The molecule has 1 aromatic carbocycles. The number of pyridine rings is 1. The summed E-state index contributed by atoms with van der Waals surface area (Å²) in [4.78, 5) is 28.9. The molecule has 3 rings (SSSR count). The molecule has 0 aliphatic rings. The van der Waals surface area contributed by atoms with Crippen LogP contribution in [0.25, 0.3) is 5.65 Å². The molecular weight excluding hydrogens is 370 g/mol. The van der Waals surface area contributed by atoms with E-state index in [0.29, 0.717) is 11.3 Å². The van der Waals surface area contributed by atoms with Gasteiger partial charge >= 0.3 is 5.97 Å². The predicted molar refractivity (Wildman–Crippen MR) is 109 cm³/mol. The third kappa shape index (κ3) is 5.34. The van der Waals surface area contributed by atoms with Crippen molar-refractivity contribution in [3.05, 3.63) is 65.6 Å². The fraction of sp³-hybridized carbons (Fsp3) is 0.318. The van der Waals surface area contributed by atoms with Crippen molar-refractivity contribution in [1.82, 2.24) is 14.7 Å². The third-order valence-electron chi connectivity index (χ3n) is 4.05. The minimum atomic E-state index is -0.602. The third-order valence-corrected chi connectivity index (χ3v) is 4.05. The number of carbonyl (C=O) groups excluding carboxylic acids is 2. The zero-order valence-corrected chi connectivity index (χ0v) is 17.1. The Kier molecular flexibility index (Phi) is 5.87. The zero-order chi connectivity index (χ0) is 21.0. The molecule has 0 radical (unpaired) electrons. The number of aryl methyl sites for hydroxylation is 1. The fourth-order valence-electron chi connectivity index (χ4n) is 2.83. The highest BCUT2D eigenvalue weighted by Gasteiger charge is 2.18. The van der Waals surface area contributed by atoms with Crippen LogP contribution in [0.15, 0.2) is 48.8 Å². The van der Waals surface area contributed by atoms with E-state index < -0.39 is 17.5 Å². The fourth-order valence-corrected chi connectivity index (χ4v) is 2.83. The molecule has 152 valence electrons. The number of imidazole rings is 1. The Morgan fingerprint density at radius 3 is 2.62 bits per heavy atom. The molecule has 2 heterocycles.